The van der Waals surface area contributed by atoms with E-state index in [2.05, 4.69) is 10.3 Å². The van der Waals surface area contributed by atoms with Crippen LogP contribution in [0, 0.1) is 5.82 Å². The van der Waals surface area contributed by atoms with Crippen molar-refractivity contribution >= 4 is 26.8 Å². The van der Waals surface area contributed by atoms with Gasteiger partial charge in [0.1, 0.15) is 12.4 Å². The van der Waals surface area contributed by atoms with Gasteiger partial charge in [-0.3, -0.25) is 14.2 Å². The number of carbonyl (C=O) groups is 1. The van der Waals surface area contributed by atoms with E-state index in [9.17, 15) is 22.4 Å². The second-order valence-corrected chi connectivity index (χ2v) is 9.14. The second-order valence-electron chi connectivity index (χ2n) is 6.98. The molecule has 1 unspecified atom stereocenters. The zero-order valence-electron chi connectivity index (χ0n) is 16.7. The van der Waals surface area contributed by atoms with Crippen LogP contribution in [0.1, 0.15) is 18.5 Å². The Labute approximate surface area is 173 Å². The van der Waals surface area contributed by atoms with Gasteiger partial charge >= 0.3 is 0 Å². The molecule has 3 aromatic rings. The molecule has 0 radical (unpaired) electrons. The normalized spacial score (nSPS) is 12.8. The van der Waals surface area contributed by atoms with Crippen molar-refractivity contribution in [2.75, 3.05) is 14.1 Å². The second kappa shape index (κ2) is 8.33. The van der Waals surface area contributed by atoms with E-state index in [0.29, 0.717) is 11.1 Å². The Balaban J connectivity index is 1.73. The SMILES string of the molecule is CC(NC(=O)Cn1cnc2ccc(F)cc2c1=O)c1ccc(S(=O)(=O)N(C)C)cc1. The fraction of sp³-hybridized carbons (Fsp3) is 0.250. The highest BCUT2D eigenvalue weighted by molar-refractivity contribution is 7.89. The van der Waals surface area contributed by atoms with Gasteiger partial charge in [-0.05, 0) is 42.8 Å². The van der Waals surface area contributed by atoms with E-state index in [4.69, 9.17) is 0 Å². The van der Waals surface area contributed by atoms with Gasteiger partial charge in [-0.15, -0.1) is 0 Å². The van der Waals surface area contributed by atoms with Crippen LogP contribution in [-0.2, 0) is 21.4 Å². The van der Waals surface area contributed by atoms with Crippen LogP contribution < -0.4 is 10.9 Å². The lowest BCUT2D eigenvalue weighted by atomic mass is 10.1. The Bertz CT molecular complexity index is 1250. The van der Waals surface area contributed by atoms with E-state index in [-0.39, 0.29) is 16.8 Å². The molecule has 0 aliphatic carbocycles. The molecule has 2 aromatic carbocycles. The zero-order valence-corrected chi connectivity index (χ0v) is 17.5. The summed E-state index contributed by atoms with van der Waals surface area (Å²) < 4.78 is 39.9. The minimum absolute atomic E-state index is 0.0936. The van der Waals surface area contributed by atoms with Gasteiger partial charge < -0.3 is 5.32 Å². The molecule has 30 heavy (non-hydrogen) atoms. The molecule has 1 N–H and O–H groups in total. The van der Waals surface area contributed by atoms with Crippen molar-refractivity contribution in [3.63, 3.8) is 0 Å². The van der Waals surface area contributed by atoms with E-state index >= 15 is 0 Å². The van der Waals surface area contributed by atoms with E-state index in [1.54, 1.807) is 19.1 Å². The minimum Gasteiger partial charge on any atom is -0.348 e. The molecule has 8 nitrogen and oxygen atoms in total. The average Bonchev–Trinajstić information content (AvgIpc) is 2.70. The van der Waals surface area contributed by atoms with Crippen molar-refractivity contribution < 1.29 is 17.6 Å². The molecule has 3 rings (SSSR count). The van der Waals surface area contributed by atoms with Crippen LogP contribution in [0.25, 0.3) is 10.9 Å². The molecule has 1 heterocycles. The molecule has 0 saturated heterocycles. The number of fused-ring (bicyclic) bond motifs is 1. The number of amides is 1. The average molecular weight is 432 g/mol. The molecule has 1 atom stereocenters. The van der Waals surface area contributed by atoms with Gasteiger partial charge in [0.05, 0.1) is 28.2 Å². The third-order valence-corrected chi connectivity index (χ3v) is 6.47. The van der Waals surface area contributed by atoms with Gasteiger partial charge in [-0.2, -0.15) is 0 Å². The summed E-state index contributed by atoms with van der Waals surface area (Å²) in [4.78, 5) is 29.1. The standard InChI is InChI=1S/C20H21FN4O4S/c1-13(14-4-7-16(8-5-14)30(28,29)24(2)3)23-19(26)11-25-12-22-18-9-6-15(21)10-17(18)20(25)27/h4-10,12-13H,11H2,1-3H3,(H,23,26). The van der Waals surface area contributed by atoms with Crippen LogP contribution in [0.4, 0.5) is 4.39 Å². The van der Waals surface area contributed by atoms with Gasteiger partial charge in [0.15, 0.2) is 0 Å². The summed E-state index contributed by atoms with van der Waals surface area (Å²) in [5.74, 6) is -0.996. The van der Waals surface area contributed by atoms with Gasteiger partial charge in [-0.25, -0.2) is 22.1 Å². The zero-order chi connectivity index (χ0) is 22.1. The van der Waals surface area contributed by atoms with Crippen LogP contribution in [-0.4, -0.2) is 42.3 Å². The van der Waals surface area contributed by atoms with Crippen LogP contribution >= 0.6 is 0 Å². The smallest absolute Gasteiger partial charge is 0.261 e. The summed E-state index contributed by atoms with van der Waals surface area (Å²) in [6.45, 7) is 1.46. The molecule has 0 spiro atoms. The quantitative estimate of drug-likeness (QED) is 0.638. The van der Waals surface area contributed by atoms with E-state index in [0.717, 1.165) is 14.9 Å². The van der Waals surface area contributed by atoms with Gasteiger partial charge in [0.2, 0.25) is 15.9 Å². The van der Waals surface area contributed by atoms with Crippen molar-refractivity contribution in [1.82, 2.24) is 19.2 Å². The number of hydrogen-bond acceptors (Lipinski definition) is 5. The summed E-state index contributed by atoms with van der Waals surface area (Å²) in [6.07, 6.45) is 1.24. The van der Waals surface area contributed by atoms with E-state index < -0.39 is 33.3 Å². The number of rotatable bonds is 6. The third kappa shape index (κ3) is 4.39. The van der Waals surface area contributed by atoms with Crippen LogP contribution in [0.3, 0.4) is 0 Å². The van der Waals surface area contributed by atoms with Gasteiger partial charge in [0.25, 0.3) is 5.56 Å². The number of nitrogens with one attached hydrogen (secondary N) is 1. The highest BCUT2D eigenvalue weighted by atomic mass is 32.2. The molecule has 0 aliphatic rings. The summed E-state index contributed by atoms with van der Waals surface area (Å²) in [6, 6.07) is 9.46. The highest BCUT2D eigenvalue weighted by Gasteiger charge is 2.18. The van der Waals surface area contributed by atoms with E-state index in [1.165, 1.54) is 44.7 Å². The third-order valence-electron chi connectivity index (χ3n) is 4.64. The Morgan fingerprint density at radius 2 is 1.87 bits per heavy atom. The predicted octanol–water partition coefficient (Wildman–Crippen LogP) is 1.66. The maximum absolute atomic E-state index is 13.4. The van der Waals surface area contributed by atoms with Crippen LogP contribution in [0.5, 0.6) is 0 Å². The number of carbonyl (C=O) groups excluding carboxylic acids is 1. The summed E-state index contributed by atoms with van der Waals surface area (Å²) in [7, 11) is -0.638. The molecule has 158 valence electrons. The van der Waals surface area contributed by atoms with Crippen molar-refractivity contribution in [2.45, 2.75) is 24.4 Å². The number of sulfonamides is 1. The molecular weight excluding hydrogens is 411 g/mol. The maximum atomic E-state index is 13.4. The number of aromatic nitrogens is 2. The lowest BCUT2D eigenvalue weighted by Gasteiger charge is -2.16. The fourth-order valence-corrected chi connectivity index (χ4v) is 3.81. The molecule has 0 fully saturated rings. The van der Waals surface area contributed by atoms with Crippen molar-refractivity contribution in [2.24, 2.45) is 0 Å². The van der Waals surface area contributed by atoms with Gasteiger partial charge in [-0.1, -0.05) is 12.1 Å². The Hall–Kier alpha value is -3.11. The number of halogens is 1. The Morgan fingerprint density at radius 3 is 2.50 bits per heavy atom. The minimum atomic E-state index is -3.53. The monoisotopic (exact) mass is 432 g/mol. The first-order valence-corrected chi connectivity index (χ1v) is 10.5. The van der Waals surface area contributed by atoms with Crippen molar-refractivity contribution in [1.29, 1.82) is 0 Å². The van der Waals surface area contributed by atoms with Crippen LogP contribution in [0.15, 0.2) is 58.5 Å². The molecule has 0 bridgehead atoms. The number of benzene rings is 2. The lowest BCUT2D eigenvalue weighted by Crippen LogP contribution is -2.34. The topological polar surface area (TPSA) is 101 Å². The molecular formula is C20H21FN4O4S. The predicted molar refractivity (Wildman–Crippen MR) is 110 cm³/mol. The van der Waals surface area contributed by atoms with E-state index in [1.807, 2.05) is 0 Å². The summed E-state index contributed by atoms with van der Waals surface area (Å²) in [5, 5.41) is 2.85. The first-order chi connectivity index (χ1) is 14.1. The number of nitrogens with zero attached hydrogens (tertiary/aromatic N) is 3. The lowest BCUT2D eigenvalue weighted by molar-refractivity contribution is -0.122. The number of hydrogen-bond donors (Lipinski definition) is 1. The Kier molecular flexibility index (Phi) is 5.99. The Morgan fingerprint density at radius 1 is 1.20 bits per heavy atom. The molecule has 1 aromatic heterocycles. The summed E-state index contributed by atoms with van der Waals surface area (Å²) in [5.41, 5.74) is 0.534. The summed E-state index contributed by atoms with van der Waals surface area (Å²) >= 11 is 0. The van der Waals surface area contributed by atoms with Crippen molar-refractivity contribution in [3.05, 3.63) is 70.5 Å². The first kappa shape index (κ1) is 21.6. The first-order valence-electron chi connectivity index (χ1n) is 9.06. The van der Waals surface area contributed by atoms with Gasteiger partial charge in [0, 0.05) is 14.1 Å². The maximum Gasteiger partial charge on any atom is 0.261 e. The van der Waals surface area contributed by atoms with Crippen molar-refractivity contribution in [3.8, 4) is 0 Å². The highest BCUT2D eigenvalue weighted by Crippen LogP contribution is 2.18. The fourth-order valence-electron chi connectivity index (χ4n) is 2.91. The molecule has 0 aliphatic heterocycles. The molecule has 0 saturated carbocycles. The van der Waals surface area contributed by atoms with Crippen LogP contribution in [0.2, 0.25) is 0 Å². The largest absolute Gasteiger partial charge is 0.348 e. The molecule has 1 amide bonds. The molecule has 10 heteroatoms.